The number of rotatable bonds is 4. The fourth-order valence-electron chi connectivity index (χ4n) is 2.51. The quantitative estimate of drug-likeness (QED) is 0.858. The van der Waals surface area contributed by atoms with Crippen molar-refractivity contribution in [3.05, 3.63) is 29.6 Å². The highest BCUT2D eigenvalue weighted by molar-refractivity contribution is 5.67. The van der Waals surface area contributed by atoms with Crippen LogP contribution in [-0.2, 0) is 22.4 Å². The number of pyridine rings is 1. The molecule has 0 aliphatic carbocycles. The molecule has 0 aromatic carbocycles. The van der Waals surface area contributed by atoms with Crippen LogP contribution in [0.2, 0.25) is 0 Å². The van der Waals surface area contributed by atoms with Crippen LogP contribution in [0.5, 0.6) is 0 Å². The van der Waals surface area contributed by atoms with E-state index in [9.17, 15) is 4.79 Å². The van der Waals surface area contributed by atoms with Gasteiger partial charge < -0.3 is 14.4 Å². The molecule has 22 heavy (non-hydrogen) atoms. The number of carbonyl (C=O) groups is 1. The SMILES string of the molecule is CN(Cc1ccncc1CC1CCOC1)C(=O)OC(C)(C)C. The van der Waals surface area contributed by atoms with Crippen molar-refractivity contribution in [3.63, 3.8) is 0 Å². The Morgan fingerprint density at radius 3 is 2.86 bits per heavy atom. The number of amides is 1. The minimum atomic E-state index is -0.479. The number of hydrogen-bond acceptors (Lipinski definition) is 4. The summed E-state index contributed by atoms with van der Waals surface area (Å²) in [5.74, 6) is 0.551. The normalized spacial score (nSPS) is 18.3. The fourth-order valence-corrected chi connectivity index (χ4v) is 2.51. The topological polar surface area (TPSA) is 51.7 Å². The number of aromatic nitrogens is 1. The van der Waals surface area contributed by atoms with Crippen LogP contribution in [0.25, 0.3) is 0 Å². The van der Waals surface area contributed by atoms with E-state index in [4.69, 9.17) is 9.47 Å². The maximum Gasteiger partial charge on any atom is 0.410 e. The maximum absolute atomic E-state index is 12.1. The summed E-state index contributed by atoms with van der Waals surface area (Å²) in [5, 5.41) is 0. The van der Waals surface area contributed by atoms with E-state index in [1.807, 2.05) is 33.0 Å². The highest BCUT2D eigenvalue weighted by atomic mass is 16.6. The molecule has 1 fully saturated rings. The van der Waals surface area contributed by atoms with Gasteiger partial charge in [-0.2, -0.15) is 0 Å². The van der Waals surface area contributed by atoms with E-state index in [0.717, 1.165) is 31.6 Å². The number of hydrogen-bond donors (Lipinski definition) is 0. The van der Waals surface area contributed by atoms with Gasteiger partial charge in [0, 0.05) is 39.2 Å². The summed E-state index contributed by atoms with van der Waals surface area (Å²) in [7, 11) is 1.76. The molecule has 5 heteroatoms. The van der Waals surface area contributed by atoms with Gasteiger partial charge in [-0.1, -0.05) is 0 Å². The van der Waals surface area contributed by atoms with Gasteiger partial charge in [-0.25, -0.2) is 4.79 Å². The first-order chi connectivity index (χ1) is 10.3. The van der Waals surface area contributed by atoms with Crippen molar-refractivity contribution in [2.45, 2.75) is 45.8 Å². The summed E-state index contributed by atoms with van der Waals surface area (Å²) >= 11 is 0. The molecule has 0 radical (unpaired) electrons. The first kappa shape index (κ1) is 16.7. The predicted octanol–water partition coefficient (Wildman–Crippen LogP) is 3.03. The van der Waals surface area contributed by atoms with Crippen molar-refractivity contribution < 1.29 is 14.3 Å². The van der Waals surface area contributed by atoms with Crippen LogP contribution in [0, 0.1) is 5.92 Å². The van der Waals surface area contributed by atoms with E-state index in [1.165, 1.54) is 5.56 Å². The van der Waals surface area contributed by atoms with Crippen LogP contribution in [0.1, 0.15) is 38.3 Å². The first-order valence-corrected chi connectivity index (χ1v) is 7.79. The second-order valence-electron chi connectivity index (χ2n) is 6.91. The van der Waals surface area contributed by atoms with Gasteiger partial charge in [-0.05, 0) is 56.7 Å². The minimum Gasteiger partial charge on any atom is -0.444 e. The molecule has 122 valence electrons. The predicted molar refractivity (Wildman–Crippen MR) is 84.6 cm³/mol. The molecule has 0 N–H and O–H groups in total. The molecule has 1 aliphatic rings. The largest absolute Gasteiger partial charge is 0.444 e. The Morgan fingerprint density at radius 1 is 1.45 bits per heavy atom. The van der Waals surface area contributed by atoms with Crippen LogP contribution < -0.4 is 0 Å². The standard InChI is InChI=1S/C17H26N2O3/c1-17(2,3)22-16(20)19(4)11-14-5-7-18-10-15(14)9-13-6-8-21-12-13/h5,7,10,13H,6,8-9,11-12H2,1-4H3. The molecule has 2 rings (SSSR count). The monoisotopic (exact) mass is 306 g/mol. The molecular weight excluding hydrogens is 280 g/mol. The molecule has 1 unspecified atom stereocenters. The fraction of sp³-hybridized carbons (Fsp3) is 0.647. The van der Waals surface area contributed by atoms with Crippen LogP contribution >= 0.6 is 0 Å². The van der Waals surface area contributed by atoms with Gasteiger partial charge in [0.25, 0.3) is 0 Å². The van der Waals surface area contributed by atoms with Gasteiger partial charge in [-0.15, -0.1) is 0 Å². The molecule has 0 spiro atoms. The second kappa shape index (κ2) is 7.09. The summed E-state index contributed by atoms with van der Waals surface area (Å²) < 4.78 is 10.8. The van der Waals surface area contributed by atoms with Crippen molar-refractivity contribution in [2.24, 2.45) is 5.92 Å². The van der Waals surface area contributed by atoms with Gasteiger partial charge in [0.15, 0.2) is 0 Å². The lowest BCUT2D eigenvalue weighted by Gasteiger charge is -2.25. The Hall–Kier alpha value is -1.62. The summed E-state index contributed by atoms with van der Waals surface area (Å²) in [6.45, 7) is 7.80. The van der Waals surface area contributed by atoms with Crippen molar-refractivity contribution in [1.29, 1.82) is 0 Å². The Bertz CT molecular complexity index is 505. The lowest BCUT2D eigenvalue weighted by atomic mass is 9.96. The Labute approximate surface area is 132 Å². The van der Waals surface area contributed by atoms with E-state index in [-0.39, 0.29) is 6.09 Å². The van der Waals surface area contributed by atoms with Gasteiger partial charge in [-0.3, -0.25) is 4.98 Å². The van der Waals surface area contributed by atoms with E-state index >= 15 is 0 Å². The van der Waals surface area contributed by atoms with Crippen molar-refractivity contribution in [2.75, 3.05) is 20.3 Å². The zero-order valence-corrected chi connectivity index (χ0v) is 14.0. The van der Waals surface area contributed by atoms with Crippen LogP contribution in [0.15, 0.2) is 18.5 Å². The number of carbonyl (C=O) groups excluding carboxylic acids is 1. The molecule has 5 nitrogen and oxygen atoms in total. The molecule has 1 aromatic heterocycles. The van der Waals surface area contributed by atoms with Crippen LogP contribution in [-0.4, -0.2) is 41.8 Å². The first-order valence-electron chi connectivity index (χ1n) is 7.79. The molecule has 1 aliphatic heterocycles. The van der Waals surface area contributed by atoms with Crippen LogP contribution in [0.4, 0.5) is 4.79 Å². The molecule has 1 atom stereocenters. The summed E-state index contributed by atoms with van der Waals surface area (Å²) in [4.78, 5) is 17.9. The molecular formula is C17H26N2O3. The van der Waals surface area contributed by atoms with Crippen molar-refractivity contribution in [1.82, 2.24) is 9.88 Å². The zero-order chi connectivity index (χ0) is 16.2. The number of nitrogens with zero attached hydrogens (tertiary/aromatic N) is 2. The van der Waals surface area contributed by atoms with Crippen LogP contribution in [0.3, 0.4) is 0 Å². The average molecular weight is 306 g/mol. The molecule has 0 bridgehead atoms. The van der Waals surface area contributed by atoms with Gasteiger partial charge in [0.05, 0.1) is 0 Å². The average Bonchev–Trinajstić information content (AvgIpc) is 2.92. The molecule has 1 amide bonds. The maximum atomic E-state index is 12.1. The summed E-state index contributed by atoms with van der Waals surface area (Å²) in [5.41, 5.74) is 1.83. The van der Waals surface area contributed by atoms with E-state index < -0.39 is 5.60 Å². The second-order valence-corrected chi connectivity index (χ2v) is 6.91. The Kier molecular flexibility index (Phi) is 5.40. The highest BCUT2D eigenvalue weighted by Crippen LogP contribution is 2.21. The van der Waals surface area contributed by atoms with E-state index in [1.54, 1.807) is 18.1 Å². The van der Waals surface area contributed by atoms with Gasteiger partial charge >= 0.3 is 6.09 Å². The summed E-state index contributed by atoms with van der Waals surface area (Å²) in [6.07, 6.45) is 5.41. The third kappa shape index (κ3) is 4.98. The zero-order valence-electron chi connectivity index (χ0n) is 14.0. The molecule has 0 saturated carbocycles. The van der Waals surface area contributed by atoms with Gasteiger partial charge in [0.2, 0.25) is 0 Å². The third-order valence-corrected chi connectivity index (χ3v) is 3.65. The molecule has 1 aromatic rings. The molecule has 1 saturated heterocycles. The lowest BCUT2D eigenvalue weighted by Crippen LogP contribution is -2.34. The Morgan fingerprint density at radius 2 is 2.23 bits per heavy atom. The lowest BCUT2D eigenvalue weighted by molar-refractivity contribution is 0.0284. The number of ether oxygens (including phenoxy) is 2. The smallest absolute Gasteiger partial charge is 0.410 e. The van der Waals surface area contributed by atoms with Crippen molar-refractivity contribution in [3.8, 4) is 0 Å². The van der Waals surface area contributed by atoms with Crippen molar-refractivity contribution >= 4 is 6.09 Å². The molecule has 2 heterocycles. The highest BCUT2D eigenvalue weighted by Gasteiger charge is 2.21. The van der Waals surface area contributed by atoms with E-state index in [2.05, 4.69) is 4.98 Å². The van der Waals surface area contributed by atoms with E-state index in [0.29, 0.717) is 12.5 Å². The summed E-state index contributed by atoms with van der Waals surface area (Å²) in [6, 6.07) is 1.98. The third-order valence-electron chi connectivity index (χ3n) is 3.65. The van der Waals surface area contributed by atoms with Gasteiger partial charge in [0.1, 0.15) is 5.60 Å². The Balaban J connectivity index is 2.00. The minimum absolute atomic E-state index is 0.306.